The van der Waals surface area contributed by atoms with E-state index in [4.69, 9.17) is 5.11 Å². The summed E-state index contributed by atoms with van der Waals surface area (Å²) in [6, 6.07) is 7.84. The van der Waals surface area contributed by atoms with Crippen LogP contribution in [0.4, 0.5) is 0 Å². The maximum Gasteiger partial charge on any atom is 0.308 e. The second-order valence-electron chi connectivity index (χ2n) is 6.31. The van der Waals surface area contributed by atoms with Crippen molar-refractivity contribution in [1.29, 1.82) is 0 Å². The van der Waals surface area contributed by atoms with E-state index in [0.717, 1.165) is 16.9 Å². The molecule has 6 nitrogen and oxygen atoms in total. The molecule has 1 aliphatic heterocycles. The third-order valence-electron chi connectivity index (χ3n) is 4.53. The number of nitrogens with zero attached hydrogens (tertiary/aromatic N) is 2. The van der Waals surface area contributed by atoms with Crippen molar-refractivity contribution in [2.75, 3.05) is 18.8 Å². The van der Waals surface area contributed by atoms with Crippen LogP contribution in [0.25, 0.3) is 11.0 Å². The van der Waals surface area contributed by atoms with Crippen LogP contribution in [-0.2, 0) is 9.59 Å². The molecule has 0 bridgehead atoms. The first kappa shape index (κ1) is 16.8. The summed E-state index contributed by atoms with van der Waals surface area (Å²) in [7, 11) is 0. The molecular weight excluding hydrogens is 326 g/mol. The van der Waals surface area contributed by atoms with E-state index < -0.39 is 11.9 Å². The second kappa shape index (κ2) is 6.84. The summed E-state index contributed by atoms with van der Waals surface area (Å²) in [5.74, 6) is -0.0834. The van der Waals surface area contributed by atoms with Gasteiger partial charge in [0.2, 0.25) is 5.91 Å². The summed E-state index contributed by atoms with van der Waals surface area (Å²) in [6.07, 6.45) is 0. The van der Waals surface area contributed by atoms with Crippen LogP contribution in [0.3, 0.4) is 0 Å². The minimum absolute atomic E-state index is 0.00133. The molecular formula is C17H21N3O3S. The van der Waals surface area contributed by atoms with Crippen molar-refractivity contribution < 1.29 is 14.7 Å². The molecule has 1 aromatic carbocycles. The molecule has 2 heterocycles. The van der Waals surface area contributed by atoms with Gasteiger partial charge in [-0.1, -0.05) is 19.1 Å². The molecule has 1 unspecified atom stereocenters. The smallest absolute Gasteiger partial charge is 0.308 e. The van der Waals surface area contributed by atoms with Crippen LogP contribution in [0.15, 0.2) is 24.3 Å². The first-order valence-electron chi connectivity index (χ1n) is 8.02. The average Bonchev–Trinajstić information content (AvgIpc) is 3.15. The number of likely N-dealkylation sites (tertiary alicyclic amines) is 1. The van der Waals surface area contributed by atoms with Crippen molar-refractivity contribution in [3.63, 3.8) is 0 Å². The van der Waals surface area contributed by atoms with E-state index >= 15 is 0 Å². The Morgan fingerprint density at radius 2 is 2.17 bits per heavy atom. The first-order chi connectivity index (χ1) is 11.5. The molecule has 1 aliphatic rings. The Bertz CT molecular complexity index is 727. The van der Waals surface area contributed by atoms with Crippen LogP contribution in [-0.4, -0.2) is 50.7 Å². The molecule has 2 aromatic rings. The number of imidazole rings is 1. The summed E-state index contributed by atoms with van der Waals surface area (Å²) in [5, 5.41) is 9.23. The highest BCUT2D eigenvalue weighted by molar-refractivity contribution is 8.00. The Balaban J connectivity index is 1.57. The fourth-order valence-electron chi connectivity index (χ4n) is 3.02. The monoisotopic (exact) mass is 347 g/mol. The van der Waals surface area contributed by atoms with Crippen LogP contribution < -0.4 is 0 Å². The van der Waals surface area contributed by atoms with Gasteiger partial charge in [-0.15, -0.1) is 11.8 Å². The number of hydrogen-bond donors (Lipinski definition) is 2. The van der Waals surface area contributed by atoms with Gasteiger partial charge in [0.25, 0.3) is 0 Å². The number of carbonyl (C=O) groups excluding carboxylic acids is 1. The Labute approximate surface area is 144 Å². The zero-order valence-corrected chi connectivity index (χ0v) is 14.5. The minimum Gasteiger partial charge on any atom is -0.481 e. The third kappa shape index (κ3) is 3.40. The van der Waals surface area contributed by atoms with Crippen LogP contribution in [0.2, 0.25) is 0 Å². The van der Waals surface area contributed by atoms with Gasteiger partial charge in [-0.2, -0.15) is 0 Å². The van der Waals surface area contributed by atoms with Gasteiger partial charge in [-0.05, 0) is 25.0 Å². The van der Waals surface area contributed by atoms with E-state index in [9.17, 15) is 9.59 Å². The Kier molecular flexibility index (Phi) is 4.80. The van der Waals surface area contributed by atoms with Crippen molar-refractivity contribution in [3.8, 4) is 0 Å². The first-order valence-corrected chi connectivity index (χ1v) is 9.07. The fraction of sp³-hybridized carbons (Fsp3) is 0.471. The lowest BCUT2D eigenvalue weighted by molar-refractivity contribution is -0.142. The molecule has 1 amide bonds. The van der Waals surface area contributed by atoms with Crippen LogP contribution in [0.5, 0.6) is 0 Å². The van der Waals surface area contributed by atoms with Gasteiger partial charge in [0.1, 0.15) is 5.82 Å². The summed E-state index contributed by atoms with van der Waals surface area (Å²) >= 11 is 1.52. The van der Waals surface area contributed by atoms with Crippen LogP contribution >= 0.6 is 11.8 Å². The number of carboxylic acids is 1. The predicted molar refractivity (Wildman–Crippen MR) is 93.8 cm³/mol. The molecule has 24 heavy (non-hydrogen) atoms. The number of aromatic nitrogens is 2. The largest absolute Gasteiger partial charge is 0.481 e. The van der Waals surface area contributed by atoms with Crippen molar-refractivity contribution in [2.24, 2.45) is 11.8 Å². The molecule has 1 saturated heterocycles. The highest BCUT2D eigenvalue weighted by atomic mass is 32.2. The quantitative estimate of drug-likeness (QED) is 0.868. The molecule has 0 saturated carbocycles. The standard InChI is InChI=1S/C17H21N3O3S/c1-10-7-20(8-12(10)17(22)23)15(21)9-24-11(2)16-18-13-5-3-4-6-14(13)19-16/h3-6,10-12H,7-9H2,1-2H3,(H,18,19)(H,22,23)/t10-,11?,12-/m1/s1. The van der Waals surface area contributed by atoms with Gasteiger partial charge >= 0.3 is 5.97 Å². The molecule has 1 fully saturated rings. The average molecular weight is 347 g/mol. The third-order valence-corrected chi connectivity index (χ3v) is 5.67. The molecule has 0 aliphatic carbocycles. The number of nitrogens with one attached hydrogen (secondary N) is 1. The lowest BCUT2D eigenvalue weighted by Crippen LogP contribution is -2.31. The van der Waals surface area contributed by atoms with Gasteiger partial charge in [0, 0.05) is 13.1 Å². The number of para-hydroxylation sites is 2. The number of amides is 1. The van der Waals surface area contributed by atoms with E-state index in [-0.39, 0.29) is 17.1 Å². The van der Waals surface area contributed by atoms with Crippen LogP contribution in [0, 0.1) is 11.8 Å². The maximum absolute atomic E-state index is 12.3. The molecule has 0 spiro atoms. The molecule has 3 atom stereocenters. The summed E-state index contributed by atoms with van der Waals surface area (Å²) in [4.78, 5) is 33.0. The highest BCUT2D eigenvalue weighted by Gasteiger charge is 2.36. The zero-order valence-electron chi connectivity index (χ0n) is 13.7. The number of fused-ring (bicyclic) bond motifs is 1. The Hall–Kier alpha value is -2.02. The van der Waals surface area contributed by atoms with E-state index in [0.29, 0.717) is 18.8 Å². The Morgan fingerprint density at radius 1 is 1.42 bits per heavy atom. The van der Waals surface area contributed by atoms with Gasteiger partial charge in [-0.25, -0.2) is 4.98 Å². The summed E-state index contributed by atoms with van der Waals surface area (Å²) < 4.78 is 0. The van der Waals surface area contributed by atoms with Gasteiger partial charge < -0.3 is 15.0 Å². The van der Waals surface area contributed by atoms with Crippen LogP contribution in [0.1, 0.15) is 24.9 Å². The number of carbonyl (C=O) groups is 2. The molecule has 3 rings (SSSR count). The van der Waals surface area contributed by atoms with Crippen molar-refractivity contribution in [3.05, 3.63) is 30.1 Å². The van der Waals surface area contributed by atoms with E-state index in [1.54, 1.807) is 4.90 Å². The number of rotatable bonds is 5. The van der Waals surface area contributed by atoms with Gasteiger partial charge in [0.15, 0.2) is 0 Å². The summed E-state index contributed by atoms with van der Waals surface area (Å²) in [6.45, 7) is 4.74. The van der Waals surface area contributed by atoms with Crippen molar-refractivity contribution in [2.45, 2.75) is 19.1 Å². The lowest BCUT2D eigenvalue weighted by Gasteiger charge is -2.16. The van der Waals surface area contributed by atoms with Gasteiger partial charge in [-0.3, -0.25) is 9.59 Å². The molecule has 1 aromatic heterocycles. The number of aromatic amines is 1. The number of H-pyrrole nitrogens is 1. The number of aliphatic carboxylic acids is 1. The number of carboxylic acid groups (broad SMARTS) is 1. The SMILES string of the molecule is CC(SCC(=O)N1C[C@@H](C)[C@H](C(=O)O)C1)c1nc2ccccc2[nH]1. The van der Waals surface area contributed by atoms with E-state index in [2.05, 4.69) is 9.97 Å². The molecule has 7 heteroatoms. The zero-order chi connectivity index (χ0) is 17.3. The van der Waals surface area contributed by atoms with Crippen molar-refractivity contribution in [1.82, 2.24) is 14.9 Å². The minimum atomic E-state index is -0.818. The Morgan fingerprint density at radius 3 is 2.83 bits per heavy atom. The molecule has 128 valence electrons. The lowest BCUT2D eigenvalue weighted by atomic mass is 9.99. The predicted octanol–water partition coefficient (Wildman–Crippen LogP) is 2.54. The number of thioether (sulfide) groups is 1. The highest BCUT2D eigenvalue weighted by Crippen LogP contribution is 2.29. The number of benzene rings is 1. The summed E-state index contributed by atoms with van der Waals surface area (Å²) in [5.41, 5.74) is 1.91. The van der Waals surface area contributed by atoms with E-state index in [1.807, 2.05) is 38.1 Å². The molecule has 0 radical (unpaired) electrons. The van der Waals surface area contributed by atoms with Crippen molar-refractivity contribution >= 4 is 34.7 Å². The molecule has 2 N–H and O–H groups in total. The maximum atomic E-state index is 12.3. The fourth-order valence-corrected chi connectivity index (χ4v) is 3.87. The van der Waals surface area contributed by atoms with Gasteiger partial charge in [0.05, 0.1) is 28.0 Å². The number of hydrogen-bond acceptors (Lipinski definition) is 4. The second-order valence-corrected chi connectivity index (χ2v) is 7.64. The normalized spacial score (nSPS) is 22.0. The van der Waals surface area contributed by atoms with E-state index in [1.165, 1.54) is 11.8 Å². The topological polar surface area (TPSA) is 86.3 Å².